The summed E-state index contributed by atoms with van der Waals surface area (Å²) in [6.45, 7) is 2.48. The van der Waals surface area contributed by atoms with Gasteiger partial charge in [0.05, 0.1) is 10.2 Å². The normalized spacial score (nSPS) is 20.5. The summed E-state index contributed by atoms with van der Waals surface area (Å²) >= 11 is 2.15. The maximum Gasteiger partial charge on any atom is 0.331 e. The Morgan fingerprint density at radius 3 is 2.62 bits per heavy atom. The molecule has 0 radical (unpaired) electrons. The molecular formula is C19H21IN2O4. The molecule has 0 bridgehead atoms. The second-order valence-corrected chi connectivity index (χ2v) is 7.57. The Balaban J connectivity index is 1.88. The van der Waals surface area contributed by atoms with E-state index >= 15 is 0 Å². The first-order chi connectivity index (χ1) is 12.5. The molecule has 0 aromatic heterocycles. The predicted octanol–water partition coefficient (Wildman–Crippen LogP) is 3.48. The lowest BCUT2D eigenvalue weighted by atomic mass is 9.93. The van der Waals surface area contributed by atoms with E-state index in [1.54, 1.807) is 6.07 Å². The fourth-order valence-electron chi connectivity index (χ4n) is 3.39. The molecule has 26 heavy (non-hydrogen) atoms. The average molecular weight is 468 g/mol. The molecule has 6 nitrogen and oxygen atoms in total. The summed E-state index contributed by atoms with van der Waals surface area (Å²) in [7, 11) is 0. The van der Waals surface area contributed by atoms with Crippen LogP contribution in [-0.2, 0) is 9.59 Å². The molecule has 2 aliphatic rings. The second-order valence-electron chi connectivity index (χ2n) is 6.41. The number of carbonyl (C=O) groups is 3. The van der Waals surface area contributed by atoms with E-state index in [0.717, 1.165) is 41.4 Å². The smallest absolute Gasteiger partial charge is 0.331 e. The van der Waals surface area contributed by atoms with Crippen LogP contribution in [-0.4, -0.2) is 35.4 Å². The van der Waals surface area contributed by atoms with Crippen LogP contribution in [0.3, 0.4) is 0 Å². The molecule has 1 aromatic rings. The van der Waals surface area contributed by atoms with E-state index in [-0.39, 0.29) is 11.6 Å². The van der Waals surface area contributed by atoms with Gasteiger partial charge in [0.25, 0.3) is 11.8 Å². The molecule has 1 aliphatic heterocycles. The summed E-state index contributed by atoms with van der Waals surface area (Å²) in [6.07, 6.45) is 6.23. The lowest BCUT2D eigenvalue weighted by Gasteiger charge is -2.35. The number of carbonyl (C=O) groups excluding carboxylic acids is 3. The Morgan fingerprint density at radius 2 is 1.96 bits per heavy atom. The van der Waals surface area contributed by atoms with Crippen molar-refractivity contribution in [1.29, 1.82) is 0 Å². The van der Waals surface area contributed by atoms with Crippen molar-refractivity contribution >= 4 is 46.5 Å². The number of nitrogens with zero attached hydrogens (tertiary/aromatic N) is 1. The Morgan fingerprint density at radius 1 is 1.23 bits per heavy atom. The summed E-state index contributed by atoms with van der Waals surface area (Å²) in [5, 5.41) is 2.31. The number of benzene rings is 1. The zero-order valence-corrected chi connectivity index (χ0v) is 16.7. The van der Waals surface area contributed by atoms with Crippen molar-refractivity contribution in [3.63, 3.8) is 0 Å². The van der Waals surface area contributed by atoms with E-state index in [1.807, 2.05) is 19.1 Å². The number of nitrogens with one attached hydrogen (secondary N) is 1. The molecule has 1 saturated carbocycles. The molecule has 0 spiro atoms. The van der Waals surface area contributed by atoms with E-state index in [4.69, 9.17) is 4.74 Å². The highest BCUT2D eigenvalue weighted by Gasteiger charge is 2.40. The molecule has 7 heteroatoms. The zero-order valence-electron chi connectivity index (χ0n) is 14.6. The van der Waals surface area contributed by atoms with Crippen LogP contribution in [0.25, 0.3) is 6.08 Å². The fraction of sp³-hybridized carbons (Fsp3) is 0.421. The molecule has 138 valence electrons. The monoisotopic (exact) mass is 468 g/mol. The van der Waals surface area contributed by atoms with Crippen LogP contribution in [0.4, 0.5) is 4.79 Å². The molecule has 1 N–H and O–H groups in total. The first-order valence-electron chi connectivity index (χ1n) is 8.84. The number of halogens is 1. The van der Waals surface area contributed by atoms with Crippen LogP contribution in [0.15, 0.2) is 23.8 Å². The number of urea groups is 1. The summed E-state index contributed by atoms with van der Waals surface area (Å²) in [6, 6.07) is 4.72. The summed E-state index contributed by atoms with van der Waals surface area (Å²) < 4.78 is 6.40. The van der Waals surface area contributed by atoms with E-state index < -0.39 is 17.8 Å². The Bertz CT molecular complexity index is 769. The molecule has 4 amide bonds. The molecule has 0 atom stereocenters. The minimum absolute atomic E-state index is 0.00451. The quantitative estimate of drug-likeness (QED) is 0.417. The predicted molar refractivity (Wildman–Crippen MR) is 106 cm³/mol. The van der Waals surface area contributed by atoms with Crippen molar-refractivity contribution in [3.05, 3.63) is 32.9 Å². The molecule has 3 rings (SSSR count). The maximum atomic E-state index is 12.9. The number of amides is 4. The number of barbiturate groups is 1. The second kappa shape index (κ2) is 8.20. The third-order valence-corrected chi connectivity index (χ3v) is 5.48. The van der Waals surface area contributed by atoms with E-state index in [2.05, 4.69) is 27.9 Å². The molecular weight excluding hydrogens is 447 g/mol. The molecule has 1 saturated heterocycles. The zero-order chi connectivity index (χ0) is 18.7. The topological polar surface area (TPSA) is 75.7 Å². The number of ether oxygens (including phenoxy) is 1. The number of hydrogen-bond acceptors (Lipinski definition) is 4. The molecule has 2 fully saturated rings. The Kier molecular flexibility index (Phi) is 5.95. The van der Waals surface area contributed by atoms with Gasteiger partial charge in [-0.15, -0.1) is 0 Å². The van der Waals surface area contributed by atoms with Gasteiger partial charge in [-0.05, 0) is 66.1 Å². The van der Waals surface area contributed by atoms with Gasteiger partial charge >= 0.3 is 6.03 Å². The minimum Gasteiger partial charge on any atom is -0.493 e. The first kappa shape index (κ1) is 18.9. The average Bonchev–Trinajstić information content (AvgIpc) is 2.62. The van der Waals surface area contributed by atoms with Crippen molar-refractivity contribution in [2.24, 2.45) is 0 Å². The largest absolute Gasteiger partial charge is 0.493 e. The van der Waals surface area contributed by atoms with E-state index in [9.17, 15) is 14.4 Å². The standard InChI is InChI=1S/C19H21IN2O4/c1-2-26-16-9-8-12(11-15(16)20)10-14-17(23)21-19(25)22(18(14)24)13-6-4-3-5-7-13/h8-11,13H,2-7H2,1H3,(H,21,23,25)/b14-10+. The Hall–Kier alpha value is -1.90. The number of imide groups is 2. The van der Waals surface area contributed by atoms with Crippen molar-refractivity contribution in [3.8, 4) is 5.75 Å². The number of rotatable bonds is 4. The third-order valence-electron chi connectivity index (χ3n) is 4.64. The first-order valence-corrected chi connectivity index (χ1v) is 9.92. The van der Waals surface area contributed by atoms with Crippen molar-refractivity contribution in [2.45, 2.75) is 45.1 Å². The van der Waals surface area contributed by atoms with Gasteiger partial charge in [0.15, 0.2) is 0 Å². The van der Waals surface area contributed by atoms with Gasteiger partial charge in [-0.2, -0.15) is 0 Å². The SMILES string of the molecule is CCOc1ccc(/C=C2\C(=O)NC(=O)N(C3CCCCC3)C2=O)cc1I. The molecule has 1 aromatic carbocycles. The van der Waals surface area contributed by atoms with Gasteiger partial charge in [0.2, 0.25) is 0 Å². The summed E-state index contributed by atoms with van der Waals surface area (Å²) in [5.41, 5.74) is 0.712. The van der Waals surface area contributed by atoms with Crippen LogP contribution in [0.5, 0.6) is 5.75 Å². The van der Waals surface area contributed by atoms with Gasteiger partial charge < -0.3 is 4.74 Å². The van der Waals surface area contributed by atoms with Crippen LogP contribution >= 0.6 is 22.6 Å². The van der Waals surface area contributed by atoms with Gasteiger partial charge in [-0.1, -0.05) is 25.3 Å². The molecule has 0 unspecified atom stereocenters. The van der Waals surface area contributed by atoms with Gasteiger partial charge in [0, 0.05) is 6.04 Å². The van der Waals surface area contributed by atoms with E-state index in [1.165, 1.54) is 11.0 Å². The van der Waals surface area contributed by atoms with Crippen molar-refractivity contribution in [2.75, 3.05) is 6.61 Å². The van der Waals surface area contributed by atoms with Crippen LogP contribution < -0.4 is 10.1 Å². The van der Waals surface area contributed by atoms with Crippen LogP contribution in [0.1, 0.15) is 44.6 Å². The highest BCUT2D eigenvalue weighted by Crippen LogP contribution is 2.27. The van der Waals surface area contributed by atoms with Crippen molar-refractivity contribution in [1.82, 2.24) is 10.2 Å². The summed E-state index contributed by atoms with van der Waals surface area (Å²) in [4.78, 5) is 38.5. The van der Waals surface area contributed by atoms with Gasteiger partial charge in [-0.3, -0.25) is 19.8 Å². The van der Waals surface area contributed by atoms with Gasteiger partial charge in [0.1, 0.15) is 11.3 Å². The van der Waals surface area contributed by atoms with Crippen LogP contribution in [0.2, 0.25) is 0 Å². The fourth-order valence-corrected chi connectivity index (χ4v) is 4.08. The van der Waals surface area contributed by atoms with Crippen molar-refractivity contribution < 1.29 is 19.1 Å². The highest BCUT2D eigenvalue weighted by atomic mass is 127. The third kappa shape index (κ3) is 3.92. The lowest BCUT2D eigenvalue weighted by molar-refractivity contribution is -0.132. The molecule has 1 heterocycles. The van der Waals surface area contributed by atoms with Gasteiger partial charge in [-0.25, -0.2) is 4.79 Å². The Labute approximate surface area is 166 Å². The van der Waals surface area contributed by atoms with Crippen LogP contribution in [0, 0.1) is 3.57 Å². The number of hydrogen-bond donors (Lipinski definition) is 1. The minimum atomic E-state index is -0.643. The summed E-state index contributed by atoms with van der Waals surface area (Å²) in [5.74, 6) is -0.390. The maximum absolute atomic E-state index is 12.9. The molecule has 1 aliphatic carbocycles. The van der Waals surface area contributed by atoms with E-state index in [0.29, 0.717) is 12.2 Å². The lowest BCUT2D eigenvalue weighted by Crippen LogP contribution is -2.58. The highest BCUT2D eigenvalue weighted by molar-refractivity contribution is 14.1.